The van der Waals surface area contributed by atoms with Crippen LogP contribution >= 0.6 is 11.3 Å². The van der Waals surface area contributed by atoms with Crippen LogP contribution in [-0.4, -0.2) is 199 Å². The van der Waals surface area contributed by atoms with Crippen molar-refractivity contribution in [1.29, 1.82) is 0 Å². The second-order valence-corrected chi connectivity index (χ2v) is 18.6. The molecule has 1 aliphatic heterocycles. The van der Waals surface area contributed by atoms with Crippen LogP contribution in [0.25, 0.3) is 16.2 Å². The number of aliphatic carboxylic acids is 3. The second-order valence-electron chi connectivity index (χ2n) is 15.9. The molecule has 1 aliphatic rings. The number of rotatable bonds is 22. The summed E-state index contributed by atoms with van der Waals surface area (Å²) in [7, 11) is -3.98. The van der Waals surface area contributed by atoms with Gasteiger partial charge in [-0.1, -0.05) is 53.8 Å². The van der Waals surface area contributed by atoms with Crippen LogP contribution in [-0.2, 0) is 45.2 Å². The van der Waals surface area contributed by atoms with Crippen LogP contribution in [0.5, 0.6) is 0 Å². The molecule has 0 radical (unpaired) electrons. The van der Waals surface area contributed by atoms with E-state index in [4.69, 9.17) is 5.14 Å². The van der Waals surface area contributed by atoms with Gasteiger partial charge in [0.05, 0.1) is 31.5 Å². The van der Waals surface area contributed by atoms with Crippen LogP contribution in [0.2, 0.25) is 0 Å². The van der Waals surface area contributed by atoms with Gasteiger partial charge in [0.1, 0.15) is 6.04 Å². The Labute approximate surface area is 410 Å². The average Bonchev–Trinajstić information content (AvgIpc) is 3.85. The van der Waals surface area contributed by atoms with Gasteiger partial charge in [0.25, 0.3) is 10.0 Å². The third-order valence-corrected chi connectivity index (χ3v) is 13.0. The summed E-state index contributed by atoms with van der Waals surface area (Å²) in [5.74, 6) is -4.51. The number of carboxylic acid groups (broad SMARTS) is 3. The Morgan fingerprint density at radius 3 is 2.18 bits per heavy atom. The summed E-state index contributed by atoms with van der Waals surface area (Å²) < 4.78 is 24.3. The standard InChI is InChI=1S/C42H57N11O11S2.In/c43-66(63,64)42-49-53-25-34(48-41(53)65-42)30-12-14-31(15-13-30)46-37(56)26-51-20-19-50(27-38(57)58)18-17-44-24-32(52(22-21-51)28-39(59)60)23-36(55)47-33(40(61)62)10-4-5-16-45-35(54)11-6-9-29-7-2-1-3-8-29;/h1-3,7-8,12-15,25,32-33,44H,4-6,9-11,16-24,26-28H2,(H,45,54)(H,46,56)(H,47,55)(H,57,58)(H,59,60)(H,61,62)(H2,43,63,64);/q;+3/t32-,33?;/m0./s1. The van der Waals surface area contributed by atoms with E-state index in [2.05, 4.69) is 31.3 Å². The molecule has 5 rings (SSSR count). The van der Waals surface area contributed by atoms with Crippen LogP contribution < -0.4 is 26.4 Å². The number of primary sulfonamides is 1. The van der Waals surface area contributed by atoms with Crippen LogP contribution in [0.4, 0.5) is 5.69 Å². The number of amides is 3. The maximum Gasteiger partial charge on any atom is 3.00 e. The zero-order valence-corrected chi connectivity index (χ0v) is 41.8. The van der Waals surface area contributed by atoms with E-state index in [0.29, 0.717) is 67.2 Å². The number of sulfonamides is 1. The van der Waals surface area contributed by atoms with Gasteiger partial charge in [0.15, 0.2) is 0 Å². The van der Waals surface area contributed by atoms with Crippen LogP contribution in [0.3, 0.4) is 0 Å². The molecular weight excluding hydrogens is 1010 g/mol. The van der Waals surface area contributed by atoms with Gasteiger partial charge in [-0.2, -0.15) is 0 Å². The summed E-state index contributed by atoms with van der Waals surface area (Å²) in [6.07, 6.45) is 4.18. The molecule has 67 heavy (non-hydrogen) atoms. The number of nitrogens with one attached hydrogen (secondary N) is 4. The Balaban J connectivity index is 0.00000980. The molecule has 0 aliphatic carbocycles. The van der Waals surface area contributed by atoms with Crippen molar-refractivity contribution >= 4 is 93.5 Å². The average molecular weight is 1070 g/mol. The molecule has 0 saturated carbocycles. The third kappa shape index (κ3) is 18.9. The molecule has 22 nitrogen and oxygen atoms in total. The number of aromatic nitrogens is 3. The van der Waals surface area contributed by atoms with E-state index in [-0.39, 0.29) is 94.7 Å². The Morgan fingerprint density at radius 1 is 0.836 bits per heavy atom. The molecule has 9 N–H and O–H groups in total. The Kier molecular flexibility index (Phi) is 22.1. The Morgan fingerprint density at radius 2 is 1.52 bits per heavy atom. The van der Waals surface area contributed by atoms with Crippen molar-refractivity contribution in [2.45, 2.75) is 61.4 Å². The van der Waals surface area contributed by atoms with E-state index >= 15 is 0 Å². The molecule has 2 aromatic heterocycles. The van der Waals surface area contributed by atoms with Gasteiger partial charge in [-0.05, 0) is 49.8 Å². The van der Waals surface area contributed by atoms with Gasteiger partial charge >= 0.3 is 43.8 Å². The fraction of sp³-hybridized carbons (Fsp3) is 0.476. The minimum absolute atomic E-state index is 0. The molecule has 0 spiro atoms. The quantitative estimate of drug-likeness (QED) is 0.0480. The number of hydrogen-bond acceptors (Lipinski definition) is 15. The number of imidazole rings is 1. The van der Waals surface area contributed by atoms with E-state index in [1.165, 1.54) is 4.52 Å². The maximum atomic E-state index is 13.4. The van der Waals surface area contributed by atoms with E-state index < -0.39 is 58.4 Å². The number of carboxylic acids is 3. The monoisotopic (exact) mass is 1070 g/mol. The van der Waals surface area contributed by atoms with Crippen molar-refractivity contribution in [2.75, 3.05) is 77.3 Å². The van der Waals surface area contributed by atoms with Crippen molar-refractivity contribution in [3.05, 3.63) is 66.4 Å². The van der Waals surface area contributed by atoms with Crippen molar-refractivity contribution < 1.29 is 52.5 Å². The van der Waals surface area contributed by atoms with Gasteiger partial charge < -0.3 is 36.6 Å². The number of unbranched alkanes of at least 4 members (excludes halogenated alkanes) is 1. The molecule has 0 bridgehead atoms. The zero-order valence-electron chi connectivity index (χ0n) is 36.9. The van der Waals surface area contributed by atoms with Crippen molar-refractivity contribution in [3.63, 3.8) is 0 Å². The second kappa shape index (κ2) is 27.1. The molecule has 25 heteroatoms. The molecule has 1 fully saturated rings. The first-order chi connectivity index (χ1) is 31.5. The topological polar surface area (TPSA) is 311 Å². The van der Waals surface area contributed by atoms with Gasteiger partial charge in [0, 0.05) is 82.5 Å². The number of fused-ring (bicyclic) bond motifs is 1. The minimum Gasteiger partial charge on any atom is -0.480 e. The fourth-order valence-corrected chi connectivity index (χ4v) is 8.87. The minimum atomic E-state index is -3.98. The molecule has 4 aromatic rings. The van der Waals surface area contributed by atoms with Gasteiger partial charge in [0.2, 0.25) is 27.0 Å². The van der Waals surface area contributed by atoms with Gasteiger partial charge in [-0.25, -0.2) is 27.9 Å². The van der Waals surface area contributed by atoms with Crippen molar-refractivity contribution in [1.82, 2.24) is 45.2 Å². The normalized spacial score (nSPS) is 16.2. The summed E-state index contributed by atoms with van der Waals surface area (Å²) in [5, 5.41) is 50.0. The molecular formula is C42H57InN11O11S2+3. The van der Waals surface area contributed by atoms with Crippen molar-refractivity contribution in [2.24, 2.45) is 5.14 Å². The summed E-state index contributed by atoms with van der Waals surface area (Å²) in [6, 6.07) is 14.7. The summed E-state index contributed by atoms with van der Waals surface area (Å²) in [6.45, 7) is 1.04. The van der Waals surface area contributed by atoms with Gasteiger partial charge in [-0.15, -0.1) is 5.10 Å². The number of nitrogens with zero attached hydrogens (tertiary/aromatic N) is 6. The number of benzene rings is 2. The van der Waals surface area contributed by atoms with Crippen LogP contribution in [0.15, 0.2) is 65.1 Å². The van der Waals surface area contributed by atoms with Crippen molar-refractivity contribution in [3.8, 4) is 11.3 Å². The molecule has 3 amide bonds. The first-order valence-electron chi connectivity index (χ1n) is 21.5. The number of anilines is 1. The first-order valence-corrected chi connectivity index (χ1v) is 23.8. The Hall–Kier alpha value is -5.02. The molecule has 2 atom stereocenters. The fourth-order valence-electron chi connectivity index (χ4n) is 7.36. The molecule has 3 heterocycles. The molecule has 358 valence electrons. The summed E-state index contributed by atoms with van der Waals surface area (Å²) in [5.41, 5.74) is 2.79. The maximum absolute atomic E-state index is 13.4. The summed E-state index contributed by atoms with van der Waals surface area (Å²) in [4.78, 5) is 85.0. The third-order valence-electron chi connectivity index (χ3n) is 10.7. The molecule has 2 aromatic carbocycles. The predicted octanol–water partition coefficient (Wildman–Crippen LogP) is -0.0212. The van der Waals surface area contributed by atoms with Crippen LogP contribution in [0, 0.1) is 0 Å². The van der Waals surface area contributed by atoms with E-state index in [1.807, 2.05) is 30.3 Å². The molecule has 1 unspecified atom stereocenters. The zero-order chi connectivity index (χ0) is 47.6. The largest absolute Gasteiger partial charge is 3.00 e. The van der Waals surface area contributed by atoms with E-state index in [0.717, 1.165) is 23.3 Å². The number of carbonyl (C=O) groups excluding carboxylic acids is 3. The summed E-state index contributed by atoms with van der Waals surface area (Å²) >= 11 is 0.824. The number of carbonyl (C=O) groups is 6. The van der Waals surface area contributed by atoms with E-state index in [1.54, 1.807) is 45.2 Å². The SMILES string of the molecule is NS(=O)(=O)c1nn2cc(-c3ccc(NC(=O)CN4CCN(CC(=O)O)CCNC[C@H](CC(=O)NC(CCCCNC(=O)CCCc5ccccc5)C(=O)O)N(CC(=O)O)CC4)cc3)nc2s1.[In+3]. The smallest absolute Gasteiger partial charge is 0.480 e. The van der Waals surface area contributed by atoms with Crippen LogP contribution in [0.1, 0.15) is 44.1 Å². The van der Waals surface area contributed by atoms with Gasteiger partial charge in [-0.3, -0.25) is 38.7 Å². The number of hydrogen-bond donors (Lipinski definition) is 8. The first kappa shape index (κ1) is 54.6. The predicted molar refractivity (Wildman–Crippen MR) is 249 cm³/mol. The Bertz CT molecular complexity index is 2360. The number of nitrogens with two attached hydrogens (primary N) is 1. The molecule has 1 saturated heterocycles. The van der Waals surface area contributed by atoms with E-state index in [9.17, 15) is 52.5 Å². The number of aryl methyl sites for hydroxylation is 1.